The standard InChI is InChI=1S/C21H26FN3OS2/c1-12(2)16-7-14(22)8-17(13(3)4)19(16)25-11-15(9-24-25)27-18-10-23-20(28-18)21(5,6)26/h7-13,26H,1-6H3. The van der Waals surface area contributed by atoms with Crippen molar-refractivity contribution in [2.75, 3.05) is 0 Å². The molecule has 0 fully saturated rings. The topological polar surface area (TPSA) is 50.9 Å². The molecule has 0 saturated heterocycles. The van der Waals surface area contributed by atoms with Gasteiger partial charge in [-0.15, -0.1) is 11.3 Å². The van der Waals surface area contributed by atoms with Crippen LogP contribution in [0.2, 0.25) is 0 Å². The fourth-order valence-corrected chi connectivity index (χ4v) is 4.91. The quantitative estimate of drug-likeness (QED) is 0.525. The predicted molar refractivity (Wildman–Crippen MR) is 113 cm³/mol. The lowest BCUT2D eigenvalue weighted by Gasteiger charge is -2.19. The highest BCUT2D eigenvalue weighted by molar-refractivity contribution is 8.01. The number of thiazole rings is 1. The molecule has 1 N–H and O–H groups in total. The summed E-state index contributed by atoms with van der Waals surface area (Å²) >= 11 is 3.03. The molecule has 28 heavy (non-hydrogen) atoms. The summed E-state index contributed by atoms with van der Waals surface area (Å²) in [5, 5.41) is 15.3. The summed E-state index contributed by atoms with van der Waals surface area (Å²) in [4.78, 5) is 5.28. The molecule has 3 rings (SSSR count). The SMILES string of the molecule is CC(C)c1cc(F)cc(C(C)C)c1-n1cc(Sc2cnc(C(C)(C)O)s2)cn1. The molecule has 150 valence electrons. The van der Waals surface area contributed by atoms with Crippen molar-refractivity contribution in [1.29, 1.82) is 0 Å². The molecule has 0 amide bonds. The van der Waals surface area contributed by atoms with Crippen molar-refractivity contribution < 1.29 is 9.50 Å². The minimum absolute atomic E-state index is 0.180. The lowest BCUT2D eigenvalue weighted by molar-refractivity contribution is 0.0783. The summed E-state index contributed by atoms with van der Waals surface area (Å²) in [6, 6.07) is 3.22. The highest BCUT2D eigenvalue weighted by Crippen LogP contribution is 2.37. The van der Waals surface area contributed by atoms with Crippen molar-refractivity contribution in [2.45, 2.75) is 68.1 Å². The largest absolute Gasteiger partial charge is 0.383 e. The average Bonchev–Trinajstić information content (AvgIpc) is 3.23. The summed E-state index contributed by atoms with van der Waals surface area (Å²) in [5.41, 5.74) is 1.91. The molecule has 0 unspecified atom stereocenters. The van der Waals surface area contributed by atoms with E-state index in [1.54, 1.807) is 43.9 Å². The van der Waals surface area contributed by atoms with Crippen molar-refractivity contribution >= 4 is 23.1 Å². The summed E-state index contributed by atoms with van der Waals surface area (Å²) in [7, 11) is 0. The zero-order valence-electron chi connectivity index (χ0n) is 17.0. The van der Waals surface area contributed by atoms with E-state index in [4.69, 9.17) is 0 Å². The van der Waals surface area contributed by atoms with Gasteiger partial charge in [-0.1, -0.05) is 39.5 Å². The van der Waals surface area contributed by atoms with Gasteiger partial charge in [0.2, 0.25) is 0 Å². The van der Waals surface area contributed by atoms with Crippen molar-refractivity contribution in [3.05, 3.63) is 52.7 Å². The first-order chi connectivity index (χ1) is 13.1. The van der Waals surface area contributed by atoms with Crippen molar-refractivity contribution in [2.24, 2.45) is 0 Å². The van der Waals surface area contributed by atoms with E-state index in [0.29, 0.717) is 5.01 Å². The molecule has 4 nitrogen and oxygen atoms in total. The van der Waals surface area contributed by atoms with E-state index < -0.39 is 5.60 Å². The van der Waals surface area contributed by atoms with Crippen LogP contribution in [0.4, 0.5) is 4.39 Å². The third-order valence-corrected chi connectivity index (χ3v) is 6.75. The molecule has 7 heteroatoms. The van der Waals surface area contributed by atoms with Gasteiger partial charge in [-0.2, -0.15) is 5.10 Å². The minimum Gasteiger partial charge on any atom is -0.383 e. The summed E-state index contributed by atoms with van der Waals surface area (Å²) in [6.45, 7) is 11.7. The Labute approximate surface area is 173 Å². The Bertz CT molecular complexity index is 941. The van der Waals surface area contributed by atoms with Gasteiger partial charge in [-0.05, 0) is 48.9 Å². The number of benzene rings is 1. The fraction of sp³-hybridized carbons (Fsp3) is 0.429. The fourth-order valence-electron chi connectivity index (χ4n) is 2.97. The van der Waals surface area contributed by atoms with Crippen LogP contribution < -0.4 is 0 Å². The number of aromatic nitrogens is 3. The van der Waals surface area contributed by atoms with Crippen LogP contribution in [0.3, 0.4) is 0 Å². The number of hydrogen-bond donors (Lipinski definition) is 1. The molecule has 2 aromatic heterocycles. The van der Waals surface area contributed by atoms with Gasteiger partial charge in [0.1, 0.15) is 16.4 Å². The van der Waals surface area contributed by atoms with Gasteiger partial charge in [0.25, 0.3) is 0 Å². The molecule has 0 aliphatic heterocycles. The van der Waals surface area contributed by atoms with Crippen LogP contribution in [0.15, 0.2) is 39.8 Å². The smallest absolute Gasteiger partial charge is 0.125 e. The first-order valence-electron chi connectivity index (χ1n) is 9.31. The van der Waals surface area contributed by atoms with E-state index in [0.717, 1.165) is 25.9 Å². The Kier molecular flexibility index (Phi) is 5.98. The van der Waals surface area contributed by atoms with Crippen LogP contribution in [0.5, 0.6) is 0 Å². The monoisotopic (exact) mass is 419 g/mol. The lowest BCUT2D eigenvalue weighted by Crippen LogP contribution is -2.14. The van der Waals surface area contributed by atoms with Crippen LogP contribution in [0.25, 0.3) is 5.69 Å². The Balaban J connectivity index is 1.97. The highest BCUT2D eigenvalue weighted by Gasteiger charge is 2.21. The first kappa shape index (κ1) is 21.0. The summed E-state index contributed by atoms with van der Waals surface area (Å²) in [6.07, 6.45) is 5.56. The summed E-state index contributed by atoms with van der Waals surface area (Å²) in [5.74, 6) is 0.153. The molecule has 0 atom stereocenters. The molecule has 0 aliphatic carbocycles. The molecule has 1 aromatic carbocycles. The molecule has 0 radical (unpaired) electrons. The van der Waals surface area contributed by atoms with E-state index in [1.807, 2.05) is 17.1 Å². The molecule has 0 bridgehead atoms. The van der Waals surface area contributed by atoms with E-state index in [1.165, 1.54) is 11.3 Å². The number of halogens is 1. The number of aliphatic hydroxyl groups is 1. The normalized spacial score (nSPS) is 12.4. The van der Waals surface area contributed by atoms with E-state index in [2.05, 4.69) is 37.8 Å². The Morgan fingerprint density at radius 1 is 1.11 bits per heavy atom. The third-order valence-electron chi connectivity index (χ3n) is 4.39. The molecule has 2 heterocycles. The van der Waals surface area contributed by atoms with E-state index in [9.17, 15) is 9.50 Å². The second kappa shape index (κ2) is 7.97. The second-order valence-corrected chi connectivity index (χ2v) is 10.4. The van der Waals surface area contributed by atoms with Gasteiger partial charge in [-0.25, -0.2) is 14.1 Å². The van der Waals surface area contributed by atoms with Gasteiger partial charge in [0.05, 0.1) is 27.2 Å². The molecular weight excluding hydrogens is 393 g/mol. The number of rotatable bonds is 6. The minimum atomic E-state index is -0.944. The Morgan fingerprint density at radius 2 is 1.71 bits per heavy atom. The maximum atomic E-state index is 14.2. The molecular formula is C21H26FN3OS2. The Hall–Kier alpha value is -1.70. The first-order valence-corrected chi connectivity index (χ1v) is 10.9. The molecule has 0 spiro atoms. The Morgan fingerprint density at radius 3 is 2.21 bits per heavy atom. The lowest BCUT2D eigenvalue weighted by atomic mass is 9.92. The third kappa shape index (κ3) is 4.47. The van der Waals surface area contributed by atoms with Crippen molar-refractivity contribution in [3.63, 3.8) is 0 Å². The van der Waals surface area contributed by atoms with E-state index >= 15 is 0 Å². The van der Waals surface area contributed by atoms with Crippen LogP contribution in [-0.4, -0.2) is 19.9 Å². The van der Waals surface area contributed by atoms with Crippen LogP contribution in [-0.2, 0) is 5.60 Å². The highest BCUT2D eigenvalue weighted by atomic mass is 32.2. The van der Waals surface area contributed by atoms with Crippen LogP contribution >= 0.6 is 23.1 Å². The van der Waals surface area contributed by atoms with Gasteiger partial charge in [0, 0.05) is 6.20 Å². The maximum absolute atomic E-state index is 14.2. The molecule has 3 aromatic rings. The van der Waals surface area contributed by atoms with Gasteiger partial charge in [0.15, 0.2) is 0 Å². The van der Waals surface area contributed by atoms with Gasteiger partial charge < -0.3 is 5.11 Å². The van der Waals surface area contributed by atoms with Gasteiger partial charge >= 0.3 is 0 Å². The number of nitrogens with zero attached hydrogens (tertiary/aromatic N) is 3. The second-order valence-electron chi connectivity index (χ2n) is 8.01. The zero-order valence-corrected chi connectivity index (χ0v) is 18.7. The van der Waals surface area contributed by atoms with Crippen LogP contribution in [0.1, 0.15) is 69.5 Å². The van der Waals surface area contributed by atoms with E-state index in [-0.39, 0.29) is 17.7 Å². The van der Waals surface area contributed by atoms with Crippen molar-refractivity contribution in [3.8, 4) is 5.69 Å². The predicted octanol–water partition coefficient (Wildman–Crippen LogP) is 6.09. The molecule has 0 saturated carbocycles. The number of hydrogen-bond acceptors (Lipinski definition) is 5. The molecule has 0 aliphatic rings. The van der Waals surface area contributed by atoms with Gasteiger partial charge in [-0.3, -0.25) is 0 Å². The van der Waals surface area contributed by atoms with Crippen LogP contribution in [0, 0.1) is 5.82 Å². The summed E-state index contributed by atoms with van der Waals surface area (Å²) < 4.78 is 17.0. The zero-order chi connectivity index (χ0) is 20.6. The average molecular weight is 420 g/mol. The maximum Gasteiger partial charge on any atom is 0.125 e. The van der Waals surface area contributed by atoms with Crippen molar-refractivity contribution in [1.82, 2.24) is 14.8 Å².